The number of aromatic nitrogens is 2. The highest BCUT2D eigenvalue weighted by Gasteiger charge is 2.34. The van der Waals surface area contributed by atoms with Gasteiger partial charge in [0.1, 0.15) is 5.82 Å². The predicted octanol–water partition coefficient (Wildman–Crippen LogP) is 3.88. The van der Waals surface area contributed by atoms with E-state index in [0.29, 0.717) is 29.1 Å². The van der Waals surface area contributed by atoms with Crippen molar-refractivity contribution in [2.24, 2.45) is 0 Å². The van der Waals surface area contributed by atoms with Gasteiger partial charge in [-0.05, 0) is 31.5 Å². The first-order valence-electron chi connectivity index (χ1n) is 9.66. The van der Waals surface area contributed by atoms with Crippen LogP contribution in [0.25, 0.3) is 0 Å². The van der Waals surface area contributed by atoms with Crippen molar-refractivity contribution in [3.05, 3.63) is 46.8 Å². The normalized spacial score (nSPS) is 14.5. The number of hydrogen-bond donors (Lipinski definition) is 1. The zero-order valence-electron chi connectivity index (χ0n) is 17.3. The fourth-order valence-corrected chi connectivity index (χ4v) is 3.26. The third kappa shape index (κ3) is 4.39. The monoisotopic (exact) mass is 418 g/mol. The first kappa shape index (κ1) is 21.6. The second-order valence-corrected chi connectivity index (χ2v) is 7.36. The standard InChI is InChI=1S/C21H24F2N4O3/c1-5-21(22,23)11-30-19-12(2)8-15(9-25-19)13(3)27-10-17-16(20(27)29)6-7-24-18(17)26-14(4)28/h6-9,13H,5,10-11H2,1-4H3,(H,24,26,28). The Kier molecular flexibility index (Phi) is 6.00. The molecule has 2 amide bonds. The number of halogens is 2. The summed E-state index contributed by atoms with van der Waals surface area (Å²) in [5, 5.41) is 2.65. The van der Waals surface area contributed by atoms with E-state index in [1.807, 2.05) is 6.92 Å². The van der Waals surface area contributed by atoms with Gasteiger partial charge in [-0.1, -0.05) is 6.92 Å². The molecule has 0 aliphatic carbocycles. The Morgan fingerprint density at radius 2 is 2.13 bits per heavy atom. The Bertz CT molecular complexity index is 981. The molecule has 0 spiro atoms. The number of pyridine rings is 2. The molecule has 0 aromatic carbocycles. The minimum Gasteiger partial charge on any atom is -0.471 e. The number of hydrogen-bond acceptors (Lipinski definition) is 5. The summed E-state index contributed by atoms with van der Waals surface area (Å²) in [7, 11) is 0. The number of amides is 2. The SMILES string of the molecule is CCC(F)(F)COc1ncc(C(C)N2Cc3c(ccnc3NC(C)=O)C2=O)cc1C. The van der Waals surface area contributed by atoms with E-state index in [4.69, 9.17) is 4.74 Å². The molecule has 2 aromatic heterocycles. The topological polar surface area (TPSA) is 84.4 Å². The Morgan fingerprint density at radius 3 is 2.77 bits per heavy atom. The van der Waals surface area contributed by atoms with Crippen molar-refractivity contribution in [1.82, 2.24) is 14.9 Å². The number of aryl methyl sites for hydroxylation is 1. The fraction of sp³-hybridized carbons (Fsp3) is 0.429. The first-order valence-corrected chi connectivity index (χ1v) is 9.66. The van der Waals surface area contributed by atoms with Gasteiger partial charge in [0.05, 0.1) is 12.6 Å². The second-order valence-electron chi connectivity index (χ2n) is 7.36. The Balaban J connectivity index is 1.78. The second kappa shape index (κ2) is 8.33. The molecule has 0 saturated heterocycles. The largest absolute Gasteiger partial charge is 0.471 e. The molecule has 1 N–H and O–H groups in total. The number of nitrogens with one attached hydrogen (secondary N) is 1. The molecule has 160 valence electrons. The van der Waals surface area contributed by atoms with Gasteiger partial charge in [-0.15, -0.1) is 0 Å². The average molecular weight is 418 g/mol. The molecule has 0 fully saturated rings. The van der Waals surface area contributed by atoms with Gasteiger partial charge in [0.15, 0.2) is 6.61 Å². The Labute approximate surface area is 173 Å². The van der Waals surface area contributed by atoms with E-state index >= 15 is 0 Å². The third-order valence-corrected chi connectivity index (χ3v) is 5.11. The van der Waals surface area contributed by atoms with E-state index < -0.39 is 12.5 Å². The molecule has 2 aromatic rings. The lowest BCUT2D eigenvalue weighted by atomic mass is 10.1. The van der Waals surface area contributed by atoms with Crippen molar-refractivity contribution in [3.8, 4) is 5.88 Å². The molecular formula is C21H24F2N4O3. The third-order valence-electron chi connectivity index (χ3n) is 5.11. The van der Waals surface area contributed by atoms with Crippen LogP contribution in [0.2, 0.25) is 0 Å². The maximum absolute atomic E-state index is 13.4. The van der Waals surface area contributed by atoms with Gasteiger partial charge in [0.25, 0.3) is 11.8 Å². The van der Waals surface area contributed by atoms with Crippen molar-refractivity contribution in [2.75, 3.05) is 11.9 Å². The van der Waals surface area contributed by atoms with Crippen LogP contribution in [0.3, 0.4) is 0 Å². The zero-order valence-corrected chi connectivity index (χ0v) is 17.3. The highest BCUT2D eigenvalue weighted by Crippen LogP contribution is 2.34. The molecular weight excluding hydrogens is 394 g/mol. The highest BCUT2D eigenvalue weighted by atomic mass is 19.3. The summed E-state index contributed by atoms with van der Waals surface area (Å²) >= 11 is 0. The molecule has 1 aliphatic rings. The Hall–Kier alpha value is -3.10. The Morgan fingerprint density at radius 1 is 1.40 bits per heavy atom. The van der Waals surface area contributed by atoms with Crippen LogP contribution >= 0.6 is 0 Å². The van der Waals surface area contributed by atoms with Gasteiger partial charge in [0.2, 0.25) is 11.8 Å². The molecule has 0 radical (unpaired) electrons. The van der Waals surface area contributed by atoms with Crippen LogP contribution in [0.1, 0.15) is 60.3 Å². The molecule has 1 unspecified atom stereocenters. The summed E-state index contributed by atoms with van der Waals surface area (Å²) in [5.74, 6) is -2.83. The van der Waals surface area contributed by atoms with Crippen molar-refractivity contribution >= 4 is 17.6 Å². The molecule has 7 nitrogen and oxygen atoms in total. The van der Waals surface area contributed by atoms with E-state index in [1.165, 1.54) is 26.2 Å². The number of carbonyl (C=O) groups is 2. The quantitative estimate of drug-likeness (QED) is 0.738. The number of fused-ring (bicyclic) bond motifs is 1. The van der Waals surface area contributed by atoms with Gasteiger partial charge in [-0.2, -0.15) is 0 Å². The van der Waals surface area contributed by atoms with Crippen molar-refractivity contribution in [2.45, 2.75) is 52.6 Å². The van der Waals surface area contributed by atoms with E-state index in [-0.39, 0.29) is 30.2 Å². The van der Waals surface area contributed by atoms with Crippen LogP contribution in [0.15, 0.2) is 24.5 Å². The molecule has 30 heavy (non-hydrogen) atoms. The molecule has 3 rings (SSSR count). The summed E-state index contributed by atoms with van der Waals surface area (Å²) in [6.07, 6.45) is 2.70. The van der Waals surface area contributed by atoms with Gasteiger partial charge >= 0.3 is 0 Å². The van der Waals surface area contributed by atoms with Crippen LogP contribution in [0.5, 0.6) is 5.88 Å². The van der Waals surface area contributed by atoms with Gasteiger partial charge < -0.3 is 15.0 Å². The smallest absolute Gasteiger partial charge is 0.281 e. The molecule has 1 atom stereocenters. The number of ether oxygens (including phenoxy) is 1. The van der Waals surface area contributed by atoms with Crippen LogP contribution in [0, 0.1) is 6.92 Å². The predicted molar refractivity (Wildman–Crippen MR) is 107 cm³/mol. The number of alkyl halides is 2. The lowest BCUT2D eigenvalue weighted by molar-refractivity contribution is -0.114. The summed E-state index contributed by atoms with van der Waals surface area (Å²) < 4.78 is 32.1. The van der Waals surface area contributed by atoms with E-state index in [0.717, 1.165) is 5.56 Å². The van der Waals surface area contributed by atoms with Crippen LogP contribution in [-0.4, -0.2) is 39.2 Å². The minimum atomic E-state index is -2.91. The average Bonchev–Trinajstić information content (AvgIpc) is 3.04. The van der Waals surface area contributed by atoms with Crippen LogP contribution in [0.4, 0.5) is 14.6 Å². The van der Waals surface area contributed by atoms with E-state index in [1.54, 1.807) is 24.0 Å². The van der Waals surface area contributed by atoms with Crippen LogP contribution in [-0.2, 0) is 11.3 Å². The van der Waals surface area contributed by atoms with Crippen molar-refractivity contribution < 1.29 is 23.1 Å². The van der Waals surface area contributed by atoms with E-state index in [9.17, 15) is 18.4 Å². The van der Waals surface area contributed by atoms with Crippen LogP contribution < -0.4 is 10.1 Å². The fourth-order valence-electron chi connectivity index (χ4n) is 3.26. The van der Waals surface area contributed by atoms with E-state index in [2.05, 4.69) is 15.3 Å². The molecule has 9 heteroatoms. The molecule has 0 saturated carbocycles. The van der Waals surface area contributed by atoms with Crippen molar-refractivity contribution in [3.63, 3.8) is 0 Å². The first-order chi connectivity index (χ1) is 14.1. The van der Waals surface area contributed by atoms with Gasteiger partial charge in [0, 0.05) is 42.4 Å². The minimum absolute atomic E-state index is 0.146. The molecule has 1 aliphatic heterocycles. The maximum atomic E-state index is 13.4. The number of rotatable bonds is 7. The summed E-state index contributed by atoms with van der Waals surface area (Å²) in [6.45, 7) is 5.92. The number of anilines is 1. The number of nitrogens with zero attached hydrogens (tertiary/aromatic N) is 3. The lowest BCUT2D eigenvalue weighted by Gasteiger charge is -2.25. The summed E-state index contributed by atoms with van der Waals surface area (Å²) in [6, 6.07) is 3.08. The molecule has 3 heterocycles. The lowest BCUT2D eigenvalue weighted by Crippen LogP contribution is -2.27. The molecule has 0 bridgehead atoms. The number of carbonyl (C=O) groups excluding carboxylic acids is 2. The zero-order chi connectivity index (χ0) is 22.1. The van der Waals surface area contributed by atoms with Gasteiger partial charge in [-0.25, -0.2) is 18.7 Å². The summed E-state index contributed by atoms with van der Waals surface area (Å²) in [5.41, 5.74) is 2.51. The summed E-state index contributed by atoms with van der Waals surface area (Å²) in [4.78, 5) is 34.3. The highest BCUT2D eigenvalue weighted by molar-refractivity contribution is 6.01. The maximum Gasteiger partial charge on any atom is 0.281 e. The van der Waals surface area contributed by atoms with Crippen molar-refractivity contribution in [1.29, 1.82) is 0 Å². The van der Waals surface area contributed by atoms with Gasteiger partial charge in [-0.3, -0.25) is 9.59 Å².